The van der Waals surface area contributed by atoms with E-state index in [1.165, 1.54) is 0 Å². The van der Waals surface area contributed by atoms with Crippen molar-refractivity contribution in [2.24, 2.45) is 0 Å². The van der Waals surface area contributed by atoms with Crippen molar-refractivity contribution in [3.63, 3.8) is 0 Å². The van der Waals surface area contributed by atoms with Crippen LogP contribution in [0.5, 0.6) is 0 Å². The number of carbonyl (C=O) groups is 1. The maximum Gasteiger partial charge on any atom is 0.332 e. The minimum absolute atomic E-state index is 0.0430. The molecule has 4 heteroatoms. The van der Waals surface area contributed by atoms with E-state index in [2.05, 4.69) is 5.32 Å². The van der Waals surface area contributed by atoms with Gasteiger partial charge in [-0.25, -0.2) is 4.79 Å². The molecule has 4 nitrogen and oxygen atoms in total. The van der Waals surface area contributed by atoms with E-state index in [9.17, 15) is 4.79 Å². The van der Waals surface area contributed by atoms with Crippen LogP contribution in [0.2, 0.25) is 0 Å². The highest BCUT2D eigenvalue weighted by atomic mass is 16.6. The monoisotopic (exact) mass is 175 g/mol. The van der Waals surface area contributed by atoms with Gasteiger partial charge in [-0.05, 0) is 20.9 Å². The van der Waals surface area contributed by atoms with Gasteiger partial charge in [-0.15, -0.1) is 0 Å². The van der Waals surface area contributed by atoms with E-state index in [4.69, 9.17) is 9.47 Å². The average molecular weight is 175 g/mol. The summed E-state index contributed by atoms with van der Waals surface area (Å²) in [6.45, 7) is 4.87. The molecule has 12 heavy (non-hydrogen) atoms. The minimum atomic E-state index is -0.307. The molecule has 0 amide bonds. The van der Waals surface area contributed by atoms with Gasteiger partial charge in [0.15, 0.2) is 0 Å². The van der Waals surface area contributed by atoms with Crippen LogP contribution < -0.4 is 5.32 Å². The fourth-order valence-electron chi connectivity index (χ4n) is 0.543. The number of hydrogen-bond acceptors (Lipinski definition) is 4. The van der Waals surface area contributed by atoms with Crippen LogP contribution >= 0.6 is 0 Å². The Hall–Kier alpha value is -0.610. The average Bonchev–Trinajstić information content (AvgIpc) is 2.01. The number of ether oxygens (including phenoxy) is 2. The lowest BCUT2D eigenvalue weighted by atomic mass is 10.5. The first-order chi connectivity index (χ1) is 5.66. The summed E-state index contributed by atoms with van der Waals surface area (Å²) in [6.07, 6.45) is 0.0712. The van der Waals surface area contributed by atoms with Crippen molar-refractivity contribution in [2.45, 2.75) is 20.0 Å². The number of nitrogens with one attached hydrogen (secondary N) is 1. The summed E-state index contributed by atoms with van der Waals surface area (Å²) < 4.78 is 9.85. The Morgan fingerprint density at radius 1 is 1.50 bits per heavy atom. The van der Waals surface area contributed by atoms with Gasteiger partial charge in [-0.1, -0.05) is 0 Å². The summed E-state index contributed by atoms with van der Waals surface area (Å²) in [4.78, 5) is 10.8. The molecule has 0 saturated carbocycles. The van der Waals surface area contributed by atoms with Gasteiger partial charge in [0.25, 0.3) is 0 Å². The molecule has 0 fully saturated rings. The van der Waals surface area contributed by atoms with Crippen molar-refractivity contribution in [1.29, 1.82) is 0 Å². The van der Waals surface area contributed by atoms with Gasteiger partial charge in [0.2, 0.25) is 0 Å². The molecule has 0 aromatic heterocycles. The van der Waals surface area contributed by atoms with Crippen molar-refractivity contribution < 1.29 is 14.3 Å². The van der Waals surface area contributed by atoms with E-state index >= 15 is 0 Å². The Morgan fingerprint density at radius 2 is 2.17 bits per heavy atom. The van der Waals surface area contributed by atoms with E-state index in [0.717, 1.165) is 0 Å². The number of esters is 1. The molecule has 0 heterocycles. The molecule has 72 valence electrons. The lowest BCUT2D eigenvalue weighted by molar-refractivity contribution is -0.150. The second-order valence-corrected chi connectivity index (χ2v) is 2.68. The molecule has 0 aliphatic rings. The van der Waals surface area contributed by atoms with Crippen LogP contribution in [0.15, 0.2) is 0 Å². The van der Waals surface area contributed by atoms with Gasteiger partial charge in [0, 0.05) is 6.54 Å². The lowest BCUT2D eigenvalue weighted by Crippen LogP contribution is -2.21. The van der Waals surface area contributed by atoms with Crippen LogP contribution in [0.1, 0.15) is 13.8 Å². The Kier molecular flexibility index (Phi) is 6.70. The molecule has 0 bridgehead atoms. The predicted molar refractivity (Wildman–Crippen MR) is 46.0 cm³/mol. The normalized spacial score (nSPS) is 10.3. The molecule has 0 radical (unpaired) electrons. The Morgan fingerprint density at radius 3 is 2.67 bits per heavy atom. The maximum atomic E-state index is 10.8. The molecule has 0 rings (SSSR count). The van der Waals surface area contributed by atoms with Gasteiger partial charge in [0.1, 0.15) is 13.2 Å². The van der Waals surface area contributed by atoms with Crippen LogP contribution in [0.3, 0.4) is 0 Å². The zero-order valence-corrected chi connectivity index (χ0v) is 7.92. The first-order valence-electron chi connectivity index (χ1n) is 4.08. The van der Waals surface area contributed by atoms with E-state index in [-0.39, 0.29) is 18.7 Å². The van der Waals surface area contributed by atoms with Gasteiger partial charge in [-0.2, -0.15) is 0 Å². The van der Waals surface area contributed by atoms with Gasteiger partial charge >= 0.3 is 5.97 Å². The van der Waals surface area contributed by atoms with Gasteiger partial charge < -0.3 is 14.8 Å². The highest BCUT2D eigenvalue weighted by Crippen LogP contribution is 1.88. The molecule has 0 spiro atoms. The standard InChI is InChI=1S/C8H17NO3/c1-7(2)12-6-8(10)11-5-4-9-3/h7,9H,4-6H2,1-3H3. The third-order valence-corrected chi connectivity index (χ3v) is 1.15. The van der Waals surface area contributed by atoms with Crippen LogP contribution in [-0.2, 0) is 14.3 Å². The molecular weight excluding hydrogens is 158 g/mol. The molecule has 0 aliphatic heterocycles. The van der Waals surface area contributed by atoms with E-state index in [0.29, 0.717) is 13.2 Å². The molecule has 0 atom stereocenters. The quantitative estimate of drug-likeness (QED) is 0.462. The number of rotatable bonds is 6. The van der Waals surface area contributed by atoms with Crippen LogP contribution in [0.25, 0.3) is 0 Å². The van der Waals surface area contributed by atoms with E-state index in [1.54, 1.807) is 7.05 Å². The molecule has 0 aromatic carbocycles. The third-order valence-electron chi connectivity index (χ3n) is 1.15. The number of likely N-dealkylation sites (N-methyl/N-ethyl adjacent to an activating group) is 1. The highest BCUT2D eigenvalue weighted by molar-refractivity contribution is 5.70. The zero-order valence-electron chi connectivity index (χ0n) is 7.92. The van der Waals surface area contributed by atoms with Crippen LogP contribution in [0, 0.1) is 0 Å². The number of hydrogen-bond donors (Lipinski definition) is 1. The third kappa shape index (κ3) is 7.50. The van der Waals surface area contributed by atoms with Crippen LogP contribution in [-0.4, -0.2) is 38.9 Å². The minimum Gasteiger partial charge on any atom is -0.463 e. The SMILES string of the molecule is CNCCOC(=O)COC(C)C. The summed E-state index contributed by atoms with van der Waals surface area (Å²) in [5, 5.41) is 2.87. The van der Waals surface area contributed by atoms with Gasteiger partial charge in [-0.3, -0.25) is 0 Å². The molecule has 0 aliphatic carbocycles. The Bertz CT molecular complexity index is 125. The number of carbonyl (C=O) groups excluding carboxylic acids is 1. The smallest absolute Gasteiger partial charge is 0.332 e. The predicted octanol–water partition coefficient (Wildman–Crippen LogP) is 0.174. The summed E-state index contributed by atoms with van der Waals surface area (Å²) in [5.74, 6) is -0.307. The highest BCUT2D eigenvalue weighted by Gasteiger charge is 2.03. The Balaban J connectivity index is 3.22. The second kappa shape index (κ2) is 7.06. The first kappa shape index (κ1) is 11.4. The second-order valence-electron chi connectivity index (χ2n) is 2.68. The summed E-state index contributed by atoms with van der Waals surface area (Å²) in [7, 11) is 1.80. The largest absolute Gasteiger partial charge is 0.463 e. The zero-order chi connectivity index (χ0) is 9.40. The van der Waals surface area contributed by atoms with Gasteiger partial charge in [0.05, 0.1) is 6.10 Å². The molecule has 0 unspecified atom stereocenters. The Labute approximate surface area is 73.2 Å². The fourth-order valence-corrected chi connectivity index (χ4v) is 0.543. The van der Waals surface area contributed by atoms with E-state index < -0.39 is 0 Å². The molecule has 0 saturated heterocycles. The van der Waals surface area contributed by atoms with Crippen molar-refractivity contribution in [1.82, 2.24) is 5.32 Å². The van der Waals surface area contributed by atoms with Crippen molar-refractivity contribution in [3.05, 3.63) is 0 Å². The first-order valence-corrected chi connectivity index (χ1v) is 4.08. The van der Waals surface area contributed by atoms with Crippen molar-refractivity contribution in [2.75, 3.05) is 26.8 Å². The van der Waals surface area contributed by atoms with Crippen molar-refractivity contribution >= 4 is 5.97 Å². The van der Waals surface area contributed by atoms with Crippen molar-refractivity contribution in [3.8, 4) is 0 Å². The summed E-state index contributed by atoms with van der Waals surface area (Å²) in [6, 6.07) is 0. The van der Waals surface area contributed by atoms with E-state index in [1.807, 2.05) is 13.8 Å². The summed E-state index contributed by atoms with van der Waals surface area (Å²) >= 11 is 0. The summed E-state index contributed by atoms with van der Waals surface area (Å²) in [5.41, 5.74) is 0. The topological polar surface area (TPSA) is 47.6 Å². The maximum absolute atomic E-state index is 10.8. The lowest BCUT2D eigenvalue weighted by Gasteiger charge is -2.07. The fraction of sp³-hybridized carbons (Fsp3) is 0.875. The van der Waals surface area contributed by atoms with Crippen LogP contribution in [0.4, 0.5) is 0 Å². The molecule has 0 aromatic rings. The molecule has 1 N–H and O–H groups in total. The molecular formula is C8H17NO3.